The van der Waals surface area contributed by atoms with E-state index in [9.17, 15) is 0 Å². The lowest BCUT2D eigenvalue weighted by molar-refractivity contribution is 0.0818. The molecule has 1 saturated heterocycles. The van der Waals surface area contributed by atoms with Gasteiger partial charge in [0, 0.05) is 32.0 Å². The number of ether oxygens (including phenoxy) is 1. The van der Waals surface area contributed by atoms with Crippen molar-refractivity contribution in [2.24, 2.45) is 0 Å². The summed E-state index contributed by atoms with van der Waals surface area (Å²) in [4.78, 5) is 2.07. The molecule has 6 heteroatoms. The van der Waals surface area contributed by atoms with Gasteiger partial charge in [0.05, 0.1) is 6.10 Å². The number of nitrogens with zero attached hydrogens (tertiary/aromatic N) is 3. The van der Waals surface area contributed by atoms with Gasteiger partial charge in [0.2, 0.25) is 5.89 Å². The van der Waals surface area contributed by atoms with Crippen molar-refractivity contribution in [1.82, 2.24) is 10.2 Å². The van der Waals surface area contributed by atoms with Gasteiger partial charge in [0.15, 0.2) is 0 Å². The summed E-state index contributed by atoms with van der Waals surface area (Å²) < 4.78 is 11.1. The van der Waals surface area contributed by atoms with Crippen LogP contribution in [0.1, 0.15) is 19.2 Å². The average molecular weight is 246 g/mol. The number of halogens is 1. The van der Waals surface area contributed by atoms with Crippen LogP contribution in [0.5, 0.6) is 0 Å². The minimum atomic E-state index is 0.200. The molecule has 1 aliphatic rings. The van der Waals surface area contributed by atoms with Crippen molar-refractivity contribution in [3.05, 3.63) is 5.89 Å². The van der Waals surface area contributed by atoms with E-state index in [4.69, 9.17) is 20.8 Å². The Morgan fingerprint density at radius 2 is 2.38 bits per heavy atom. The first-order valence-electron chi connectivity index (χ1n) is 5.54. The van der Waals surface area contributed by atoms with Crippen LogP contribution < -0.4 is 4.90 Å². The van der Waals surface area contributed by atoms with E-state index in [0.717, 1.165) is 26.1 Å². The van der Waals surface area contributed by atoms with Gasteiger partial charge in [-0.05, 0) is 13.3 Å². The minimum absolute atomic E-state index is 0.200. The maximum absolute atomic E-state index is 5.62. The molecule has 2 heterocycles. The third kappa shape index (κ3) is 2.86. The smallest absolute Gasteiger partial charge is 0.318 e. The van der Waals surface area contributed by atoms with Gasteiger partial charge in [-0.3, -0.25) is 0 Å². The molecule has 0 aliphatic carbocycles. The number of anilines is 1. The van der Waals surface area contributed by atoms with E-state index >= 15 is 0 Å². The maximum Gasteiger partial charge on any atom is 0.318 e. The molecule has 1 atom stereocenters. The summed E-state index contributed by atoms with van der Waals surface area (Å²) in [5.41, 5.74) is 0. The number of hydrogen-bond acceptors (Lipinski definition) is 5. The Morgan fingerprint density at radius 1 is 1.50 bits per heavy atom. The predicted octanol–water partition coefficient (Wildman–Crippen LogP) is 1.47. The molecule has 0 radical (unpaired) electrons. The SMILES string of the molecule is CC1CN(c2nnc(CCCl)o2)CCCO1. The largest absolute Gasteiger partial charge is 0.408 e. The van der Waals surface area contributed by atoms with Crippen LogP contribution >= 0.6 is 11.6 Å². The highest BCUT2D eigenvalue weighted by Gasteiger charge is 2.19. The number of alkyl halides is 1. The van der Waals surface area contributed by atoms with E-state index in [-0.39, 0.29) is 6.10 Å². The first-order chi connectivity index (χ1) is 7.79. The fourth-order valence-corrected chi connectivity index (χ4v) is 1.88. The second-order valence-corrected chi connectivity index (χ2v) is 4.28. The summed E-state index contributed by atoms with van der Waals surface area (Å²) in [6.07, 6.45) is 1.80. The van der Waals surface area contributed by atoms with Gasteiger partial charge in [-0.15, -0.1) is 16.7 Å². The van der Waals surface area contributed by atoms with Crippen molar-refractivity contribution < 1.29 is 9.15 Å². The first kappa shape index (κ1) is 11.7. The molecule has 5 nitrogen and oxygen atoms in total. The molecule has 0 amide bonds. The molecule has 0 bridgehead atoms. The monoisotopic (exact) mass is 245 g/mol. The lowest BCUT2D eigenvalue weighted by atomic mass is 10.3. The number of hydrogen-bond donors (Lipinski definition) is 0. The summed E-state index contributed by atoms with van der Waals surface area (Å²) in [5, 5.41) is 7.98. The molecule has 1 aromatic heterocycles. The highest BCUT2D eigenvalue weighted by atomic mass is 35.5. The Balaban J connectivity index is 2.03. The number of aromatic nitrogens is 2. The molecular weight excluding hydrogens is 230 g/mol. The zero-order chi connectivity index (χ0) is 11.4. The van der Waals surface area contributed by atoms with Gasteiger partial charge >= 0.3 is 6.01 Å². The fourth-order valence-electron chi connectivity index (χ4n) is 1.72. The Bertz CT molecular complexity index is 332. The molecule has 1 aliphatic heterocycles. The van der Waals surface area contributed by atoms with Crippen molar-refractivity contribution in [2.75, 3.05) is 30.5 Å². The minimum Gasteiger partial charge on any atom is -0.408 e. The van der Waals surface area contributed by atoms with E-state index in [1.54, 1.807) is 0 Å². The third-order valence-corrected chi connectivity index (χ3v) is 2.68. The van der Waals surface area contributed by atoms with Gasteiger partial charge in [-0.2, -0.15) is 0 Å². The van der Waals surface area contributed by atoms with Crippen molar-refractivity contribution in [3.8, 4) is 0 Å². The summed E-state index contributed by atoms with van der Waals surface area (Å²) >= 11 is 5.62. The van der Waals surface area contributed by atoms with Gasteiger partial charge < -0.3 is 14.1 Å². The second kappa shape index (κ2) is 5.50. The summed E-state index contributed by atoms with van der Waals surface area (Å²) in [6, 6.07) is 0.581. The van der Waals surface area contributed by atoms with Crippen LogP contribution in [0.4, 0.5) is 6.01 Å². The highest BCUT2D eigenvalue weighted by molar-refractivity contribution is 6.17. The molecule has 2 rings (SSSR count). The quantitative estimate of drug-likeness (QED) is 0.755. The zero-order valence-corrected chi connectivity index (χ0v) is 10.1. The molecule has 90 valence electrons. The summed E-state index contributed by atoms with van der Waals surface area (Å²) in [6.45, 7) is 4.53. The van der Waals surface area contributed by atoms with Crippen LogP contribution in [0, 0.1) is 0 Å². The molecule has 0 N–H and O–H groups in total. The van der Waals surface area contributed by atoms with Crippen LogP contribution in [-0.4, -0.2) is 41.9 Å². The van der Waals surface area contributed by atoms with Crippen molar-refractivity contribution in [2.45, 2.75) is 25.9 Å². The maximum atomic E-state index is 5.62. The van der Waals surface area contributed by atoms with Gasteiger partial charge in [0.1, 0.15) is 0 Å². The lowest BCUT2D eigenvalue weighted by Crippen LogP contribution is -2.30. The average Bonchev–Trinajstić information content (AvgIpc) is 2.61. The Hall–Kier alpha value is -0.810. The van der Waals surface area contributed by atoms with Crippen LogP contribution in [-0.2, 0) is 11.2 Å². The van der Waals surface area contributed by atoms with E-state index in [1.165, 1.54) is 0 Å². The topological polar surface area (TPSA) is 51.4 Å². The van der Waals surface area contributed by atoms with Crippen molar-refractivity contribution in [3.63, 3.8) is 0 Å². The van der Waals surface area contributed by atoms with Gasteiger partial charge in [0.25, 0.3) is 0 Å². The van der Waals surface area contributed by atoms with Gasteiger partial charge in [-0.25, -0.2) is 0 Å². The molecule has 1 fully saturated rings. The standard InChI is InChI=1S/C10H16ClN3O2/c1-8-7-14(5-2-6-15-8)10-13-12-9(16-10)3-4-11/h8H,2-7H2,1H3. The van der Waals surface area contributed by atoms with Crippen molar-refractivity contribution in [1.29, 1.82) is 0 Å². The Morgan fingerprint density at radius 3 is 3.19 bits per heavy atom. The first-order valence-corrected chi connectivity index (χ1v) is 6.08. The third-order valence-electron chi connectivity index (χ3n) is 2.49. The zero-order valence-electron chi connectivity index (χ0n) is 9.36. The van der Waals surface area contributed by atoms with Crippen LogP contribution in [0.25, 0.3) is 0 Å². The summed E-state index contributed by atoms with van der Waals surface area (Å²) in [5.74, 6) is 1.10. The molecule has 16 heavy (non-hydrogen) atoms. The highest BCUT2D eigenvalue weighted by Crippen LogP contribution is 2.16. The van der Waals surface area contributed by atoms with Crippen LogP contribution in [0.3, 0.4) is 0 Å². The molecule has 1 unspecified atom stereocenters. The Kier molecular flexibility index (Phi) is 4.01. The number of aryl methyl sites for hydroxylation is 1. The lowest BCUT2D eigenvalue weighted by Gasteiger charge is -2.18. The van der Waals surface area contributed by atoms with Gasteiger partial charge in [-0.1, -0.05) is 5.10 Å². The predicted molar refractivity (Wildman–Crippen MR) is 61.0 cm³/mol. The van der Waals surface area contributed by atoms with E-state index in [1.807, 2.05) is 6.92 Å². The van der Waals surface area contributed by atoms with E-state index < -0.39 is 0 Å². The molecular formula is C10H16ClN3O2. The van der Waals surface area contributed by atoms with Crippen LogP contribution in [0.15, 0.2) is 4.42 Å². The Labute approximate surface area is 99.7 Å². The second-order valence-electron chi connectivity index (χ2n) is 3.90. The van der Waals surface area contributed by atoms with E-state index in [2.05, 4.69) is 15.1 Å². The summed E-state index contributed by atoms with van der Waals surface area (Å²) in [7, 11) is 0. The van der Waals surface area contributed by atoms with Crippen LogP contribution in [0.2, 0.25) is 0 Å². The molecule has 0 saturated carbocycles. The normalized spacial score (nSPS) is 22.1. The fraction of sp³-hybridized carbons (Fsp3) is 0.800. The molecule has 0 spiro atoms. The molecule has 1 aromatic rings. The number of rotatable bonds is 3. The molecule has 0 aromatic carbocycles. The van der Waals surface area contributed by atoms with E-state index in [0.29, 0.717) is 24.2 Å². The van der Waals surface area contributed by atoms with Crippen molar-refractivity contribution >= 4 is 17.6 Å².